The molecule has 1 aromatic carbocycles. The molecule has 1 atom stereocenters. The van der Waals surface area contributed by atoms with Gasteiger partial charge in [0.05, 0.1) is 29.0 Å². The van der Waals surface area contributed by atoms with Gasteiger partial charge in [0.1, 0.15) is 6.04 Å². The number of anilines is 1. The van der Waals surface area contributed by atoms with Crippen molar-refractivity contribution in [2.45, 2.75) is 31.5 Å². The lowest BCUT2D eigenvalue weighted by Crippen LogP contribution is -2.44. The van der Waals surface area contributed by atoms with E-state index in [-0.39, 0.29) is 22.9 Å². The summed E-state index contributed by atoms with van der Waals surface area (Å²) in [4.78, 5) is 30.8. The van der Waals surface area contributed by atoms with E-state index in [2.05, 4.69) is 5.10 Å². The van der Waals surface area contributed by atoms with E-state index in [1.54, 1.807) is 47.9 Å². The van der Waals surface area contributed by atoms with Crippen LogP contribution in [0.1, 0.15) is 40.7 Å². The maximum atomic E-state index is 13.6. The predicted molar refractivity (Wildman–Crippen MR) is 121 cm³/mol. The third-order valence-corrected chi connectivity index (χ3v) is 7.06. The molecule has 2 aliphatic heterocycles. The minimum absolute atomic E-state index is 0.106. The minimum Gasteiger partial charge on any atom is -0.359 e. The molecule has 8 nitrogen and oxygen atoms in total. The average molecular weight is 489 g/mol. The molecule has 2 fully saturated rings. The third kappa shape index (κ3) is 4.70. The largest absolute Gasteiger partial charge is 0.417 e. The van der Waals surface area contributed by atoms with Crippen LogP contribution in [0.2, 0.25) is 0 Å². The predicted octanol–water partition coefficient (Wildman–Crippen LogP) is 2.90. The van der Waals surface area contributed by atoms with Crippen LogP contribution in [-0.2, 0) is 18.0 Å². The maximum Gasteiger partial charge on any atom is 0.417 e. The second-order valence-corrected chi connectivity index (χ2v) is 9.61. The van der Waals surface area contributed by atoms with E-state index < -0.39 is 23.3 Å². The molecule has 0 bridgehead atoms. The first kappa shape index (κ1) is 24.6. The highest BCUT2D eigenvalue weighted by Crippen LogP contribution is 2.46. The number of aromatic nitrogens is 2. The zero-order valence-electron chi connectivity index (χ0n) is 19.8. The van der Waals surface area contributed by atoms with E-state index in [0.29, 0.717) is 44.5 Å². The van der Waals surface area contributed by atoms with Crippen molar-refractivity contribution in [1.29, 1.82) is 5.26 Å². The minimum atomic E-state index is -4.68. The Morgan fingerprint density at radius 2 is 1.91 bits per heavy atom. The fourth-order valence-corrected chi connectivity index (χ4v) is 5.15. The third-order valence-electron chi connectivity index (χ3n) is 7.06. The smallest absolute Gasteiger partial charge is 0.359 e. The van der Waals surface area contributed by atoms with Gasteiger partial charge in [0.15, 0.2) is 0 Å². The van der Waals surface area contributed by atoms with Crippen molar-refractivity contribution < 1.29 is 22.8 Å². The van der Waals surface area contributed by atoms with Gasteiger partial charge in [0.25, 0.3) is 5.91 Å². The summed E-state index contributed by atoms with van der Waals surface area (Å²) >= 11 is 0. The highest BCUT2D eigenvalue weighted by molar-refractivity contribution is 5.93. The summed E-state index contributed by atoms with van der Waals surface area (Å²) in [6.07, 6.45) is 0.264. The number of likely N-dealkylation sites (N-methyl/N-ethyl adjacent to an activating group) is 1. The topological polar surface area (TPSA) is 85.5 Å². The first-order chi connectivity index (χ1) is 16.4. The Hall–Kier alpha value is -3.55. The van der Waals surface area contributed by atoms with Crippen LogP contribution in [0.3, 0.4) is 0 Å². The van der Waals surface area contributed by atoms with Gasteiger partial charge < -0.3 is 14.7 Å². The van der Waals surface area contributed by atoms with Gasteiger partial charge in [-0.05, 0) is 42.9 Å². The molecule has 0 aliphatic carbocycles. The second-order valence-electron chi connectivity index (χ2n) is 9.61. The van der Waals surface area contributed by atoms with Gasteiger partial charge in [0, 0.05) is 52.7 Å². The number of carbonyl (C=O) groups excluding carboxylic acids is 2. The van der Waals surface area contributed by atoms with Crippen molar-refractivity contribution in [2.75, 3.05) is 38.6 Å². The zero-order chi connectivity index (χ0) is 25.5. The van der Waals surface area contributed by atoms with Gasteiger partial charge in [-0.2, -0.15) is 23.5 Å². The van der Waals surface area contributed by atoms with E-state index in [1.807, 2.05) is 0 Å². The molecule has 1 spiro atoms. The molecule has 0 radical (unpaired) electrons. The van der Waals surface area contributed by atoms with E-state index in [4.69, 9.17) is 5.26 Å². The van der Waals surface area contributed by atoms with Crippen molar-refractivity contribution >= 4 is 17.5 Å². The summed E-state index contributed by atoms with van der Waals surface area (Å²) in [5.41, 5.74) is -0.995. The normalized spacial score (nSPS) is 19.6. The number of benzene rings is 1. The zero-order valence-corrected chi connectivity index (χ0v) is 19.8. The van der Waals surface area contributed by atoms with Gasteiger partial charge in [-0.3, -0.25) is 14.3 Å². The van der Waals surface area contributed by atoms with Crippen molar-refractivity contribution in [3.05, 3.63) is 47.3 Å². The number of carbonyl (C=O) groups is 2. The Labute approximate surface area is 201 Å². The lowest BCUT2D eigenvalue weighted by atomic mass is 9.76. The molecule has 4 rings (SSSR count). The van der Waals surface area contributed by atoms with Gasteiger partial charge in [-0.1, -0.05) is 0 Å². The van der Waals surface area contributed by atoms with Crippen LogP contribution in [0.25, 0.3) is 0 Å². The Kier molecular flexibility index (Phi) is 6.25. The lowest BCUT2D eigenvalue weighted by molar-refractivity contribution is -0.137. The number of hydrogen-bond acceptors (Lipinski definition) is 5. The molecule has 2 amide bonds. The molecule has 1 aromatic heterocycles. The second kappa shape index (κ2) is 8.91. The molecule has 3 heterocycles. The number of likely N-dealkylation sites (tertiary alicyclic amines) is 1. The van der Waals surface area contributed by atoms with Crippen molar-refractivity contribution in [2.24, 2.45) is 12.5 Å². The number of nitriles is 1. The van der Waals surface area contributed by atoms with Crippen molar-refractivity contribution in [3.8, 4) is 6.07 Å². The summed E-state index contributed by atoms with van der Waals surface area (Å²) in [7, 11) is 4.99. The van der Waals surface area contributed by atoms with Gasteiger partial charge in [-0.25, -0.2) is 0 Å². The molecule has 2 saturated heterocycles. The van der Waals surface area contributed by atoms with Crippen LogP contribution in [0.4, 0.5) is 18.9 Å². The number of halogens is 3. The fourth-order valence-electron chi connectivity index (χ4n) is 5.15. The number of hydrogen-bond donors (Lipinski definition) is 0. The monoisotopic (exact) mass is 488 g/mol. The molecule has 0 saturated carbocycles. The average Bonchev–Trinajstić information content (AvgIpc) is 3.41. The number of amides is 2. The van der Waals surface area contributed by atoms with E-state index >= 15 is 0 Å². The van der Waals surface area contributed by atoms with Crippen LogP contribution < -0.4 is 4.90 Å². The Balaban J connectivity index is 1.59. The fraction of sp³-hybridized carbons (Fsp3) is 0.500. The SMILES string of the molecule is CN(C)C(=O)C1CC2(CCN(C(=O)c3cnn(C)c3)CC2)CN1c1ccc(C#N)c(C(F)(F)F)c1. The summed E-state index contributed by atoms with van der Waals surface area (Å²) in [6.45, 7) is 1.38. The highest BCUT2D eigenvalue weighted by atomic mass is 19.4. The maximum absolute atomic E-state index is 13.6. The Morgan fingerprint density at radius 1 is 1.23 bits per heavy atom. The van der Waals surface area contributed by atoms with Crippen LogP contribution in [0.15, 0.2) is 30.6 Å². The lowest BCUT2D eigenvalue weighted by Gasteiger charge is -2.39. The van der Waals surface area contributed by atoms with Gasteiger partial charge in [0.2, 0.25) is 5.91 Å². The van der Waals surface area contributed by atoms with Crippen molar-refractivity contribution in [3.63, 3.8) is 0 Å². The van der Waals surface area contributed by atoms with E-state index in [9.17, 15) is 22.8 Å². The number of rotatable bonds is 3. The summed E-state index contributed by atoms with van der Waals surface area (Å²) in [5.74, 6) is -0.292. The highest BCUT2D eigenvalue weighted by Gasteiger charge is 2.49. The van der Waals surface area contributed by atoms with Crippen LogP contribution in [-0.4, -0.2) is 71.2 Å². The molecule has 1 unspecified atom stereocenters. The summed E-state index contributed by atoms with van der Waals surface area (Å²) in [6, 6.07) is 4.58. The first-order valence-corrected chi connectivity index (χ1v) is 11.3. The van der Waals surface area contributed by atoms with E-state index in [1.165, 1.54) is 17.2 Å². The van der Waals surface area contributed by atoms with Crippen molar-refractivity contribution in [1.82, 2.24) is 19.6 Å². The number of aryl methyl sites for hydroxylation is 1. The molecule has 2 aromatic rings. The van der Waals surface area contributed by atoms with E-state index in [0.717, 1.165) is 12.1 Å². The summed E-state index contributed by atoms with van der Waals surface area (Å²) < 4.78 is 42.4. The molecular formula is C24H27F3N6O2. The molecule has 35 heavy (non-hydrogen) atoms. The van der Waals surface area contributed by atoms with Crippen LogP contribution in [0.5, 0.6) is 0 Å². The number of alkyl halides is 3. The first-order valence-electron chi connectivity index (χ1n) is 11.3. The number of piperidine rings is 1. The molecule has 186 valence electrons. The molecule has 0 N–H and O–H groups in total. The van der Waals surface area contributed by atoms with Crippen LogP contribution >= 0.6 is 0 Å². The van der Waals surface area contributed by atoms with Crippen LogP contribution in [0, 0.1) is 16.7 Å². The van der Waals surface area contributed by atoms with Gasteiger partial charge in [-0.15, -0.1) is 0 Å². The summed E-state index contributed by atoms with van der Waals surface area (Å²) in [5, 5.41) is 13.2. The molecular weight excluding hydrogens is 461 g/mol. The quantitative estimate of drug-likeness (QED) is 0.663. The molecule has 11 heteroatoms. The Morgan fingerprint density at radius 3 is 2.46 bits per heavy atom. The van der Waals surface area contributed by atoms with Gasteiger partial charge >= 0.3 is 6.18 Å². The number of nitrogens with zero attached hydrogens (tertiary/aromatic N) is 6. The molecule has 2 aliphatic rings. The standard InChI is InChI=1S/C24H27F3N6O2/c1-30(2)22(35)20-11-23(6-8-32(9-7-23)21(34)17-13-29-31(3)14-17)15-33(20)18-5-4-16(12-28)19(10-18)24(25,26)27/h4-5,10,13-14,20H,6-9,11,15H2,1-3H3. The Bertz CT molecular complexity index is 1170.